The standard InChI is InChI=1S/C14H27N5O2/c1-7-15-12-16-13(18-14(17-12)21-10(3)4)19(8-2)11(5)9-20-6/h10-11H,7-9H2,1-6H3,(H,15,16,17,18). The molecule has 1 atom stereocenters. The van der Waals surface area contributed by atoms with E-state index in [4.69, 9.17) is 9.47 Å². The average Bonchev–Trinajstić information content (AvgIpc) is 2.39. The Bertz CT molecular complexity index is 428. The first-order valence-electron chi connectivity index (χ1n) is 7.43. The summed E-state index contributed by atoms with van der Waals surface area (Å²) >= 11 is 0. The molecule has 1 aromatic rings. The van der Waals surface area contributed by atoms with Gasteiger partial charge in [-0.05, 0) is 34.6 Å². The van der Waals surface area contributed by atoms with E-state index in [-0.39, 0.29) is 12.1 Å². The summed E-state index contributed by atoms with van der Waals surface area (Å²) in [5.74, 6) is 1.13. The van der Waals surface area contributed by atoms with E-state index in [1.54, 1.807) is 7.11 Å². The van der Waals surface area contributed by atoms with Crippen molar-refractivity contribution in [3.8, 4) is 6.01 Å². The zero-order valence-corrected chi connectivity index (χ0v) is 13.9. The van der Waals surface area contributed by atoms with Gasteiger partial charge in [0, 0.05) is 20.2 Å². The van der Waals surface area contributed by atoms with Crippen LogP contribution in [0.1, 0.15) is 34.6 Å². The lowest BCUT2D eigenvalue weighted by Crippen LogP contribution is -2.37. The summed E-state index contributed by atoms with van der Waals surface area (Å²) < 4.78 is 10.8. The summed E-state index contributed by atoms with van der Waals surface area (Å²) in [4.78, 5) is 15.2. The van der Waals surface area contributed by atoms with E-state index < -0.39 is 0 Å². The topological polar surface area (TPSA) is 72.4 Å². The molecule has 0 aliphatic rings. The highest BCUT2D eigenvalue weighted by Gasteiger charge is 2.18. The summed E-state index contributed by atoms with van der Waals surface area (Å²) in [7, 11) is 1.69. The maximum absolute atomic E-state index is 5.62. The SMILES string of the molecule is CCNc1nc(OC(C)C)nc(N(CC)C(C)COC)n1. The molecule has 1 heterocycles. The van der Waals surface area contributed by atoms with Crippen LogP contribution in [0.15, 0.2) is 0 Å². The minimum Gasteiger partial charge on any atom is -0.461 e. The molecule has 0 aliphatic carbocycles. The van der Waals surface area contributed by atoms with Crippen LogP contribution in [-0.4, -0.2) is 53.9 Å². The van der Waals surface area contributed by atoms with Gasteiger partial charge in [-0.1, -0.05) is 0 Å². The maximum atomic E-state index is 5.62. The maximum Gasteiger partial charge on any atom is 0.323 e. The molecule has 21 heavy (non-hydrogen) atoms. The van der Waals surface area contributed by atoms with Crippen LogP contribution in [0, 0.1) is 0 Å². The van der Waals surface area contributed by atoms with Crippen molar-refractivity contribution in [2.75, 3.05) is 37.0 Å². The highest BCUT2D eigenvalue weighted by atomic mass is 16.5. The van der Waals surface area contributed by atoms with Crippen molar-refractivity contribution in [2.45, 2.75) is 46.8 Å². The third-order valence-electron chi connectivity index (χ3n) is 2.82. The van der Waals surface area contributed by atoms with Crippen LogP contribution in [0.5, 0.6) is 6.01 Å². The zero-order chi connectivity index (χ0) is 15.8. The molecule has 0 spiro atoms. The summed E-state index contributed by atoms with van der Waals surface area (Å²) in [6.45, 7) is 12.2. The Morgan fingerprint density at radius 1 is 1.14 bits per heavy atom. The molecular formula is C14H27N5O2. The highest BCUT2D eigenvalue weighted by molar-refractivity contribution is 5.39. The van der Waals surface area contributed by atoms with Crippen LogP contribution < -0.4 is 15.0 Å². The molecule has 0 bridgehead atoms. The average molecular weight is 297 g/mol. The van der Waals surface area contributed by atoms with Gasteiger partial charge in [0.25, 0.3) is 0 Å². The molecule has 7 nitrogen and oxygen atoms in total. The van der Waals surface area contributed by atoms with Crippen molar-refractivity contribution in [3.63, 3.8) is 0 Å². The second kappa shape index (κ2) is 8.61. The molecule has 1 aromatic heterocycles. The van der Waals surface area contributed by atoms with Gasteiger partial charge in [0.2, 0.25) is 11.9 Å². The molecular weight excluding hydrogens is 270 g/mol. The molecule has 0 fully saturated rings. The Kier molecular flexibility index (Phi) is 7.14. The number of hydrogen-bond donors (Lipinski definition) is 1. The van der Waals surface area contributed by atoms with Crippen molar-refractivity contribution in [2.24, 2.45) is 0 Å². The van der Waals surface area contributed by atoms with E-state index in [1.165, 1.54) is 0 Å². The Morgan fingerprint density at radius 3 is 2.38 bits per heavy atom. The highest BCUT2D eigenvalue weighted by Crippen LogP contribution is 2.18. The second-order valence-electron chi connectivity index (χ2n) is 5.03. The first-order chi connectivity index (χ1) is 10.0. The van der Waals surface area contributed by atoms with E-state index in [1.807, 2.05) is 20.8 Å². The lowest BCUT2D eigenvalue weighted by Gasteiger charge is -2.27. The smallest absolute Gasteiger partial charge is 0.323 e. The summed E-state index contributed by atoms with van der Waals surface area (Å²) in [6.07, 6.45) is 0.0150. The van der Waals surface area contributed by atoms with Gasteiger partial charge in [0.15, 0.2) is 0 Å². The van der Waals surface area contributed by atoms with Gasteiger partial charge in [0.05, 0.1) is 18.8 Å². The number of rotatable bonds is 9. The molecule has 0 saturated heterocycles. The first kappa shape index (κ1) is 17.4. The van der Waals surface area contributed by atoms with Crippen LogP contribution in [0.25, 0.3) is 0 Å². The minimum absolute atomic E-state index is 0.0150. The zero-order valence-electron chi connectivity index (χ0n) is 13.9. The molecule has 7 heteroatoms. The third kappa shape index (κ3) is 5.34. The Labute approximate surface area is 127 Å². The number of nitrogens with one attached hydrogen (secondary N) is 1. The van der Waals surface area contributed by atoms with Crippen molar-refractivity contribution in [3.05, 3.63) is 0 Å². The molecule has 0 saturated carbocycles. The molecule has 0 aromatic carbocycles. The van der Waals surface area contributed by atoms with Gasteiger partial charge in [-0.25, -0.2) is 0 Å². The van der Waals surface area contributed by atoms with E-state index in [2.05, 4.69) is 39.0 Å². The number of nitrogens with zero attached hydrogens (tertiary/aromatic N) is 4. The van der Waals surface area contributed by atoms with Gasteiger partial charge >= 0.3 is 6.01 Å². The van der Waals surface area contributed by atoms with Gasteiger partial charge < -0.3 is 19.7 Å². The Hall–Kier alpha value is -1.63. The van der Waals surface area contributed by atoms with Gasteiger partial charge in [-0.2, -0.15) is 15.0 Å². The van der Waals surface area contributed by atoms with E-state index in [0.717, 1.165) is 13.1 Å². The predicted molar refractivity (Wildman–Crippen MR) is 84.1 cm³/mol. The fourth-order valence-electron chi connectivity index (χ4n) is 1.96. The van der Waals surface area contributed by atoms with Crippen LogP contribution in [0.2, 0.25) is 0 Å². The minimum atomic E-state index is 0.0150. The molecule has 1 unspecified atom stereocenters. The lowest BCUT2D eigenvalue weighted by molar-refractivity contribution is 0.181. The summed E-state index contributed by atoms with van der Waals surface area (Å²) in [5.41, 5.74) is 0. The number of anilines is 2. The van der Waals surface area contributed by atoms with Crippen molar-refractivity contribution in [1.82, 2.24) is 15.0 Å². The number of ether oxygens (including phenoxy) is 2. The molecule has 1 rings (SSSR count). The predicted octanol–water partition coefficient (Wildman–Crippen LogP) is 1.95. The second-order valence-corrected chi connectivity index (χ2v) is 5.03. The largest absolute Gasteiger partial charge is 0.461 e. The molecule has 0 amide bonds. The summed E-state index contributed by atoms with van der Waals surface area (Å²) in [5, 5.41) is 3.11. The number of aromatic nitrogens is 3. The van der Waals surface area contributed by atoms with Gasteiger partial charge in [0.1, 0.15) is 0 Å². The van der Waals surface area contributed by atoms with Crippen molar-refractivity contribution < 1.29 is 9.47 Å². The molecule has 120 valence electrons. The third-order valence-corrected chi connectivity index (χ3v) is 2.82. The lowest BCUT2D eigenvalue weighted by atomic mass is 10.3. The van der Waals surface area contributed by atoms with E-state index >= 15 is 0 Å². The van der Waals surface area contributed by atoms with Gasteiger partial charge in [-0.3, -0.25) is 0 Å². The molecule has 0 radical (unpaired) electrons. The number of methoxy groups -OCH3 is 1. The van der Waals surface area contributed by atoms with Crippen molar-refractivity contribution in [1.29, 1.82) is 0 Å². The van der Waals surface area contributed by atoms with Crippen LogP contribution in [-0.2, 0) is 4.74 Å². The van der Waals surface area contributed by atoms with E-state index in [9.17, 15) is 0 Å². The van der Waals surface area contributed by atoms with Crippen LogP contribution >= 0.6 is 0 Å². The van der Waals surface area contributed by atoms with Gasteiger partial charge in [-0.15, -0.1) is 0 Å². The summed E-state index contributed by atoms with van der Waals surface area (Å²) in [6, 6.07) is 0.512. The normalized spacial score (nSPS) is 12.3. The quantitative estimate of drug-likeness (QED) is 0.747. The van der Waals surface area contributed by atoms with E-state index in [0.29, 0.717) is 24.5 Å². The van der Waals surface area contributed by atoms with Crippen LogP contribution in [0.3, 0.4) is 0 Å². The monoisotopic (exact) mass is 297 g/mol. The fraction of sp³-hybridized carbons (Fsp3) is 0.786. The van der Waals surface area contributed by atoms with Crippen molar-refractivity contribution >= 4 is 11.9 Å². The molecule has 0 aliphatic heterocycles. The first-order valence-corrected chi connectivity index (χ1v) is 7.43. The number of likely N-dealkylation sites (N-methyl/N-ethyl adjacent to an activating group) is 1. The Morgan fingerprint density at radius 2 is 1.86 bits per heavy atom. The Balaban J connectivity index is 3.09. The molecule has 1 N–H and O–H groups in total. The fourth-order valence-corrected chi connectivity index (χ4v) is 1.96. The number of hydrogen-bond acceptors (Lipinski definition) is 7. The van der Waals surface area contributed by atoms with Crippen LogP contribution in [0.4, 0.5) is 11.9 Å².